The Morgan fingerprint density at radius 2 is 2.44 bits per heavy atom. The van der Waals surface area contributed by atoms with Crippen LogP contribution < -0.4 is 0 Å². The second-order valence-electron chi connectivity index (χ2n) is 3.63. The Labute approximate surface area is 97.0 Å². The van der Waals surface area contributed by atoms with E-state index in [4.69, 9.17) is 0 Å². The Kier molecular flexibility index (Phi) is 3.19. The molecule has 0 aromatic carbocycles. The number of methoxy groups -OCH3 is 1. The molecule has 16 heavy (non-hydrogen) atoms. The normalized spacial score (nSPS) is 19.8. The van der Waals surface area contributed by atoms with E-state index in [-0.39, 0.29) is 17.8 Å². The third-order valence-corrected chi connectivity index (χ3v) is 3.25. The summed E-state index contributed by atoms with van der Waals surface area (Å²) in [6.07, 6.45) is 0.669. The van der Waals surface area contributed by atoms with Crippen LogP contribution in [0.25, 0.3) is 0 Å². The van der Waals surface area contributed by atoms with Crippen LogP contribution in [-0.4, -0.2) is 42.0 Å². The third kappa shape index (κ3) is 2.06. The summed E-state index contributed by atoms with van der Waals surface area (Å²) in [5.41, 5.74) is 2.08. The van der Waals surface area contributed by atoms with Crippen molar-refractivity contribution in [2.24, 2.45) is 5.92 Å². The Hall–Kier alpha value is -1.43. The Morgan fingerprint density at radius 3 is 3.06 bits per heavy atom. The van der Waals surface area contributed by atoms with E-state index in [1.54, 1.807) is 15.8 Å². The van der Waals surface area contributed by atoms with Crippen LogP contribution in [0, 0.1) is 5.92 Å². The summed E-state index contributed by atoms with van der Waals surface area (Å²) in [5.74, 6) is -0.534. The molecule has 2 heterocycles. The Bertz CT molecular complexity index is 391. The molecule has 0 saturated carbocycles. The number of carbonyl (C=O) groups is 2. The molecule has 2 rings (SSSR count). The second-order valence-corrected chi connectivity index (χ2v) is 4.35. The van der Waals surface area contributed by atoms with Crippen LogP contribution in [-0.2, 0) is 9.53 Å². The first kappa shape index (κ1) is 11.1. The van der Waals surface area contributed by atoms with Crippen molar-refractivity contribution >= 4 is 23.2 Å². The maximum atomic E-state index is 11.9. The molecule has 1 saturated heterocycles. The molecule has 1 aromatic rings. The fraction of sp³-hybridized carbons (Fsp3) is 0.500. The molecule has 1 amide bonds. The van der Waals surface area contributed by atoms with E-state index in [2.05, 4.69) is 9.72 Å². The smallest absolute Gasteiger partial charge is 0.310 e. The number of hydrogen-bond donors (Lipinski definition) is 0. The molecule has 1 aromatic heterocycles. The van der Waals surface area contributed by atoms with Gasteiger partial charge in [-0.1, -0.05) is 0 Å². The highest BCUT2D eigenvalue weighted by molar-refractivity contribution is 7.07. The molecule has 6 heteroatoms. The highest BCUT2D eigenvalue weighted by Gasteiger charge is 2.32. The molecule has 1 fully saturated rings. The molecule has 0 bridgehead atoms. The predicted molar refractivity (Wildman–Crippen MR) is 58.1 cm³/mol. The van der Waals surface area contributed by atoms with Gasteiger partial charge in [0.05, 0.1) is 18.5 Å². The van der Waals surface area contributed by atoms with Gasteiger partial charge in [-0.25, -0.2) is 4.98 Å². The third-order valence-electron chi connectivity index (χ3n) is 2.66. The number of carbonyl (C=O) groups excluding carboxylic acids is 2. The van der Waals surface area contributed by atoms with E-state index >= 15 is 0 Å². The number of likely N-dealkylation sites (tertiary alicyclic amines) is 1. The quantitative estimate of drug-likeness (QED) is 0.717. The zero-order valence-corrected chi connectivity index (χ0v) is 9.70. The molecule has 1 aliphatic heterocycles. The molecular formula is C10H12N2O3S. The van der Waals surface area contributed by atoms with E-state index in [1.807, 2.05) is 0 Å². The highest BCUT2D eigenvalue weighted by atomic mass is 32.1. The number of aromatic nitrogens is 1. The maximum Gasteiger partial charge on any atom is 0.310 e. The van der Waals surface area contributed by atoms with Crippen molar-refractivity contribution in [2.45, 2.75) is 6.42 Å². The lowest BCUT2D eigenvalue weighted by molar-refractivity contribution is -0.144. The van der Waals surface area contributed by atoms with Crippen molar-refractivity contribution in [3.8, 4) is 0 Å². The van der Waals surface area contributed by atoms with Gasteiger partial charge in [-0.3, -0.25) is 9.59 Å². The molecular weight excluding hydrogens is 228 g/mol. The van der Waals surface area contributed by atoms with Crippen LogP contribution in [0.3, 0.4) is 0 Å². The summed E-state index contributed by atoms with van der Waals surface area (Å²) < 4.78 is 4.66. The number of nitrogens with zero attached hydrogens (tertiary/aromatic N) is 2. The van der Waals surface area contributed by atoms with Crippen LogP contribution >= 0.6 is 11.3 Å². The zero-order valence-electron chi connectivity index (χ0n) is 8.88. The number of thiazole rings is 1. The monoisotopic (exact) mass is 240 g/mol. The summed E-state index contributed by atoms with van der Waals surface area (Å²) in [6, 6.07) is 0. The molecule has 1 unspecified atom stereocenters. The largest absolute Gasteiger partial charge is 0.469 e. The maximum absolute atomic E-state index is 11.9. The number of rotatable bonds is 2. The SMILES string of the molecule is COC(=O)C1CCN(C(=O)c2cscn2)C1. The van der Waals surface area contributed by atoms with Crippen LogP contribution in [0.15, 0.2) is 10.9 Å². The van der Waals surface area contributed by atoms with Gasteiger partial charge in [0.25, 0.3) is 5.91 Å². The summed E-state index contributed by atoms with van der Waals surface area (Å²) in [5, 5.41) is 1.72. The molecule has 0 radical (unpaired) electrons. The van der Waals surface area contributed by atoms with Crippen molar-refractivity contribution in [2.75, 3.05) is 20.2 Å². The van der Waals surface area contributed by atoms with Crippen LogP contribution in [0.2, 0.25) is 0 Å². The average Bonchev–Trinajstić information content (AvgIpc) is 2.97. The summed E-state index contributed by atoms with van der Waals surface area (Å²) in [6.45, 7) is 1.03. The average molecular weight is 240 g/mol. The summed E-state index contributed by atoms with van der Waals surface area (Å²) >= 11 is 1.39. The van der Waals surface area contributed by atoms with Gasteiger partial charge in [-0.15, -0.1) is 11.3 Å². The predicted octanol–water partition coefficient (Wildman–Crippen LogP) is 0.778. The number of esters is 1. The minimum absolute atomic E-state index is 0.104. The van der Waals surface area contributed by atoms with Crippen molar-refractivity contribution in [1.29, 1.82) is 0 Å². The van der Waals surface area contributed by atoms with E-state index in [1.165, 1.54) is 18.4 Å². The first-order valence-electron chi connectivity index (χ1n) is 4.97. The van der Waals surface area contributed by atoms with E-state index in [0.717, 1.165) is 0 Å². The second kappa shape index (κ2) is 4.61. The first-order valence-corrected chi connectivity index (χ1v) is 5.92. The van der Waals surface area contributed by atoms with Gasteiger partial charge < -0.3 is 9.64 Å². The van der Waals surface area contributed by atoms with Gasteiger partial charge in [0, 0.05) is 18.5 Å². The van der Waals surface area contributed by atoms with Gasteiger partial charge in [0.1, 0.15) is 5.69 Å². The highest BCUT2D eigenvalue weighted by Crippen LogP contribution is 2.19. The van der Waals surface area contributed by atoms with Crippen molar-refractivity contribution < 1.29 is 14.3 Å². The molecule has 1 aliphatic rings. The fourth-order valence-corrected chi connectivity index (χ4v) is 2.31. The van der Waals surface area contributed by atoms with Gasteiger partial charge >= 0.3 is 5.97 Å². The van der Waals surface area contributed by atoms with Crippen LogP contribution in [0.4, 0.5) is 0 Å². The topological polar surface area (TPSA) is 59.5 Å². The molecule has 86 valence electrons. The van der Waals surface area contributed by atoms with Gasteiger partial charge in [-0.2, -0.15) is 0 Å². The first-order chi connectivity index (χ1) is 7.72. The van der Waals surface area contributed by atoms with Crippen molar-refractivity contribution in [3.05, 3.63) is 16.6 Å². The molecule has 1 atom stereocenters. The molecule has 0 N–H and O–H groups in total. The fourth-order valence-electron chi connectivity index (χ4n) is 1.78. The summed E-state index contributed by atoms with van der Waals surface area (Å²) in [7, 11) is 1.37. The number of ether oxygens (including phenoxy) is 1. The molecule has 5 nitrogen and oxygen atoms in total. The Morgan fingerprint density at radius 1 is 1.62 bits per heavy atom. The summed E-state index contributed by atoms with van der Waals surface area (Å²) in [4.78, 5) is 28.8. The van der Waals surface area contributed by atoms with Crippen LogP contribution in [0.5, 0.6) is 0 Å². The van der Waals surface area contributed by atoms with E-state index in [0.29, 0.717) is 25.2 Å². The van der Waals surface area contributed by atoms with Gasteiger partial charge in [-0.05, 0) is 6.42 Å². The van der Waals surface area contributed by atoms with Gasteiger partial charge in [0.15, 0.2) is 0 Å². The minimum Gasteiger partial charge on any atom is -0.469 e. The number of amides is 1. The van der Waals surface area contributed by atoms with Crippen molar-refractivity contribution in [3.63, 3.8) is 0 Å². The van der Waals surface area contributed by atoms with Crippen LogP contribution in [0.1, 0.15) is 16.9 Å². The molecule has 0 spiro atoms. The van der Waals surface area contributed by atoms with E-state index in [9.17, 15) is 9.59 Å². The lowest BCUT2D eigenvalue weighted by Gasteiger charge is -2.14. The lowest BCUT2D eigenvalue weighted by Crippen LogP contribution is -2.30. The van der Waals surface area contributed by atoms with Gasteiger partial charge in [0.2, 0.25) is 0 Å². The zero-order chi connectivity index (χ0) is 11.5. The number of hydrogen-bond acceptors (Lipinski definition) is 5. The van der Waals surface area contributed by atoms with Crippen molar-refractivity contribution in [1.82, 2.24) is 9.88 Å². The minimum atomic E-state index is -0.242. The Balaban J connectivity index is 1.99. The standard InChI is InChI=1S/C10H12N2O3S/c1-15-10(14)7-2-3-12(4-7)9(13)8-5-16-6-11-8/h5-7H,2-4H2,1H3. The van der Waals surface area contributed by atoms with E-state index < -0.39 is 0 Å². The molecule has 0 aliphatic carbocycles. The lowest BCUT2D eigenvalue weighted by atomic mass is 10.1.